The fraction of sp³-hybridized carbons (Fsp3) is 0.312. The van der Waals surface area contributed by atoms with Crippen molar-refractivity contribution in [1.82, 2.24) is 19.6 Å². The Morgan fingerprint density at radius 1 is 1.14 bits per heavy atom. The van der Waals surface area contributed by atoms with Gasteiger partial charge in [0.2, 0.25) is 5.95 Å². The van der Waals surface area contributed by atoms with Crippen LogP contribution in [0, 0.1) is 12.7 Å². The number of fused-ring (bicyclic) bond motifs is 1. The third-order valence-corrected chi connectivity index (χ3v) is 3.74. The highest BCUT2D eigenvalue weighted by Gasteiger charge is 2.20. The van der Waals surface area contributed by atoms with Crippen LogP contribution in [0.25, 0.3) is 16.9 Å². The largest absolute Gasteiger partial charge is 0.367 e. The molecule has 6 heteroatoms. The van der Waals surface area contributed by atoms with Crippen molar-refractivity contribution >= 4 is 11.5 Å². The van der Waals surface area contributed by atoms with E-state index in [2.05, 4.69) is 35.8 Å². The first-order valence-corrected chi connectivity index (χ1v) is 7.05. The van der Waals surface area contributed by atoms with E-state index in [0.717, 1.165) is 5.56 Å². The quantitative estimate of drug-likeness (QED) is 0.749. The molecular formula is C16H18FN5. The maximum absolute atomic E-state index is 14.3. The molecule has 2 N–H and O–H groups in total. The highest BCUT2D eigenvalue weighted by Crippen LogP contribution is 2.29. The number of nitrogen functional groups attached to an aromatic ring is 1. The van der Waals surface area contributed by atoms with E-state index in [1.165, 1.54) is 10.7 Å². The molecule has 0 aliphatic rings. The van der Waals surface area contributed by atoms with Crippen LogP contribution in [0.15, 0.2) is 24.5 Å². The van der Waals surface area contributed by atoms with Crippen molar-refractivity contribution in [1.29, 1.82) is 0 Å². The van der Waals surface area contributed by atoms with Gasteiger partial charge < -0.3 is 5.73 Å². The maximum atomic E-state index is 14.3. The number of hydrogen-bond acceptors (Lipinski definition) is 4. The summed E-state index contributed by atoms with van der Waals surface area (Å²) < 4.78 is 15.8. The summed E-state index contributed by atoms with van der Waals surface area (Å²) in [6.07, 6.45) is 3.20. The molecule has 0 fully saturated rings. The van der Waals surface area contributed by atoms with Crippen molar-refractivity contribution in [3.05, 3.63) is 41.5 Å². The first kappa shape index (κ1) is 14.4. The smallest absolute Gasteiger partial charge is 0.238 e. The topological polar surface area (TPSA) is 69.1 Å². The van der Waals surface area contributed by atoms with Crippen molar-refractivity contribution in [2.75, 3.05) is 5.73 Å². The Morgan fingerprint density at radius 2 is 1.86 bits per heavy atom. The van der Waals surface area contributed by atoms with Gasteiger partial charge in [0.05, 0.1) is 17.6 Å². The van der Waals surface area contributed by atoms with Crippen LogP contribution in [0.3, 0.4) is 0 Å². The Bertz CT molecular complexity index is 844. The van der Waals surface area contributed by atoms with Gasteiger partial charge in [-0.05, 0) is 24.0 Å². The van der Waals surface area contributed by atoms with Crippen LogP contribution in [-0.2, 0) is 5.41 Å². The van der Waals surface area contributed by atoms with E-state index < -0.39 is 0 Å². The van der Waals surface area contributed by atoms with Crippen molar-refractivity contribution in [3.8, 4) is 11.4 Å². The zero-order chi connectivity index (χ0) is 16.1. The number of nitrogens with zero attached hydrogens (tertiary/aromatic N) is 4. The van der Waals surface area contributed by atoms with Gasteiger partial charge in [0.1, 0.15) is 5.52 Å². The molecule has 0 saturated carbocycles. The summed E-state index contributed by atoms with van der Waals surface area (Å²) in [4.78, 5) is 8.33. The molecule has 5 nitrogen and oxygen atoms in total. The van der Waals surface area contributed by atoms with E-state index in [0.29, 0.717) is 22.5 Å². The van der Waals surface area contributed by atoms with Crippen molar-refractivity contribution < 1.29 is 4.39 Å². The van der Waals surface area contributed by atoms with E-state index in [9.17, 15) is 4.39 Å². The number of rotatable bonds is 1. The Hall–Kier alpha value is -2.50. The fourth-order valence-corrected chi connectivity index (χ4v) is 2.42. The normalized spacial score (nSPS) is 12.0. The molecule has 0 aliphatic carbocycles. The van der Waals surface area contributed by atoms with Crippen molar-refractivity contribution in [2.24, 2.45) is 0 Å². The van der Waals surface area contributed by atoms with E-state index in [-0.39, 0.29) is 17.2 Å². The molecule has 0 spiro atoms. The molecule has 0 radical (unpaired) electrons. The van der Waals surface area contributed by atoms with Gasteiger partial charge in [0.15, 0.2) is 5.82 Å². The average Bonchev–Trinajstić information content (AvgIpc) is 2.70. The van der Waals surface area contributed by atoms with Gasteiger partial charge in [-0.3, -0.25) is 4.98 Å². The molecule has 3 aromatic rings. The summed E-state index contributed by atoms with van der Waals surface area (Å²) in [6, 6.07) is 3.89. The van der Waals surface area contributed by atoms with Gasteiger partial charge in [-0.2, -0.15) is 0 Å². The lowest BCUT2D eigenvalue weighted by atomic mass is 9.88. The van der Waals surface area contributed by atoms with Crippen LogP contribution < -0.4 is 5.73 Å². The molecule has 0 bridgehead atoms. The van der Waals surface area contributed by atoms with Crippen LogP contribution in [0.5, 0.6) is 0 Å². The summed E-state index contributed by atoms with van der Waals surface area (Å²) in [7, 11) is 0. The minimum atomic E-state index is -0.350. The number of nitrogens with two attached hydrogens (primary N) is 1. The maximum Gasteiger partial charge on any atom is 0.238 e. The lowest BCUT2D eigenvalue weighted by Gasteiger charge is -2.18. The summed E-state index contributed by atoms with van der Waals surface area (Å²) in [6.45, 7) is 8.06. The van der Waals surface area contributed by atoms with Crippen LogP contribution >= 0.6 is 0 Å². The van der Waals surface area contributed by atoms with Gasteiger partial charge >= 0.3 is 0 Å². The Labute approximate surface area is 128 Å². The third kappa shape index (κ3) is 2.20. The summed E-state index contributed by atoms with van der Waals surface area (Å²) in [5.74, 6) is -0.258. The van der Waals surface area contributed by atoms with Gasteiger partial charge in [0.25, 0.3) is 0 Å². The number of halogens is 1. The molecule has 0 atom stereocenters. The second kappa shape index (κ2) is 4.76. The first-order valence-electron chi connectivity index (χ1n) is 7.05. The van der Waals surface area contributed by atoms with Crippen molar-refractivity contribution in [2.45, 2.75) is 33.1 Å². The number of pyridine rings is 1. The molecule has 3 heterocycles. The van der Waals surface area contributed by atoms with E-state index in [1.807, 2.05) is 18.3 Å². The molecular weight excluding hydrogens is 281 g/mol. The number of anilines is 1. The SMILES string of the molecule is Cc1c(F)c2cnc(N)nn2c1-c1ccc(C(C)(C)C)cn1. The van der Waals surface area contributed by atoms with Crippen LogP contribution in [0.4, 0.5) is 10.3 Å². The van der Waals surface area contributed by atoms with Gasteiger partial charge in [-0.1, -0.05) is 26.8 Å². The molecule has 0 aromatic carbocycles. The number of hydrogen-bond donors (Lipinski definition) is 1. The van der Waals surface area contributed by atoms with Gasteiger partial charge in [0, 0.05) is 11.8 Å². The molecule has 3 rings (SSSR count). The summed E-state index contributed by atoms with van der Waals surface area (Å²) in [5.41, 5.74) is 8.79. The molecule has 0 aliphatic heterocycles. The Morgan fingerprint density at radius 3 is 2.45 bits per heavy atom. The van der Waals surface area contributed by atoms with Crippen LogP contribution in [-0.4, -0.2) is 19.6 Å². The fourth-order valence-electron chi connectivity index (χ4n) is 2.42. The molecule has 3 aromatic heterocycles. The first-order chi connectivity index (χ1) is 10.3. The van der Waals surface area contributed by atoms with E-state index in [1.54, 1.807) is 6.92 Å². The summed E-state index contributed by atoms with van der Waals surface area (Å²) in [5, 5.41) is 4.11. The Kier molecular flexibility index (Phi) is 3.12. The number of aromatic nitrogens is 4. The zero-order valence-electron chi connectivity index (χ0n) is 13.1. The molecule has 0 saturated heterocycles. The Balaban J connectivity index is 2.22. The molecule has 22 heavy (non-hydrogen) atoms. The standard InChI is InChI=1S/C16H18FN5/c1-9-13(17)12-8-20-15(18)21-22(12)14(9)11-6-5-10(7-19-11)16(2,3)4/h5-8H,1-4H3,(H2,18,21). The van der Waals surface area contributed by atoms with Gasteiger partial charge in [-0.25, -0.2) is 13.9 Å². The highest BCUT2D eigenvalue weighted by atomic mass is 19.1. The monoisotopic (exact) mass is 299 g/mol. The minimum Gasteiger partial charge on any atom is -0.367 e. The van der Waals surface area contributed by atoms with E-state index >= 15 is 0 Å². The minimum absolute atomic E-state index is 0.0135. The predicted octanol–water partition coefficient (Wildman–Crippen LogP) is 3.12. The zero-order valence-corrected chi connectivity index (χ0v) is 13.1. The van der Waals surface area contributed by atoms with Crippen LogP contribution in [0.2, 0.25) is 0 Å². The lowest BCUT2D eigenvalue weighted by Crippen LogP contribution is -2.11. The van der Waals surface area contributed by atoms with Crippen LogP contribution in [0.1, 0.15) is 31.9 Å². The van der Waals surface area contributed by atoms with E-state index in [4.69, 9.17) is 5.73 Å². The highest BCUT2D eigenvalue weighted by molar-refractivity contribution is 5.69. The second-order valence-corrected chi connectivity index (χ2v) is 6.38. The molecule has 0 unspecified atom stereocenters. The summed E-state index contributed by atoms with van der Waals surface area (Å²) >= 11 is 0. The second-order valence-electron chi connectivity index (χ2n) is 6.38. The lowest BCUT2D eigenvalue weighted by molar-refractivity contribution is 0.587. The van der Waals surface area contributed by atoms with Gasteiger partial charge in [-0.15, -0.1) is 5.10 Å². The predicted molar refractivity (Wildman–Crippen MR) is 84.0 cm³/mol. The average molecular weight is 299 g/mol. The molecule has 114 valence electrons. The van der Waals surface area contributed by atoms with Crippen molar-refractivity contribution in [3.63, 3.8) is 0 Å². The molecule has 0 amide bonds. The third-order valence-electron chi connectivity index (χ3n) is 3.74.